The van der Waals surface area contributed by atoms with Gasteiger partial charge in [-0.25, -0.2) is 9.97 Å². The maximum Gasteiger partial charge on any atom is 0.285 e. The zero-order valence-electron chi connectivity index (χ0n) is 8.92. The molecule has 3 heterocycles. The van der Waals surface area contributed by atoms with Crippen LogP contribution < -0.4 is 0 Å². The van der Waals surface area contributed by atoms with E-state index in [1.165, 1.54) is 12.0 Å². The lowest BCUT2D eigenvalue weighted by Crippen LogP contribution is -2.27. The standard InChI is InChI=1S/C10H11N5O/c1-15-3-2-7-4-11-9(13-8(7)5-15)10-14-12-6-16-10/h4,6H,2-3,5H2,1H3. The summed E-state index contributed by atoms with van der Waals surface area (Å²) in [5.41, 5.74) is 2.26. The van der Waals surface area contributed by atoms with Crippen molar-refractivity contribution in [1.82, 2.24) is 25.1 Å². The van der Waals surface area contributed by atoms with Crippen molar-refractivity contribution in [3.63, 3.8) is 0 Å². The summed E-state index contributed by atoms with van der Waals surface area (Å²) in [6.07, 6.45) is 4.13. The molecule has 0 unspecified atom stereocenters. The molecule has 0 bridgehead atoms. The zero-order valence-corrected chi connectivity index (χ0v) is 8.92. The van der Waals surface area contributed by atoms with Gasteiger partial charge in [-0.2, -0.15) is 0 Å². The lowest BCUT2D eigenvalue weighted by Gasteiger charge is -2.23. The maximum absolute atomic E-state index is 5.08. The van der Waals surface area contributed by atoms with Crippen molar-refractivity contribution < 1.29 is 4.42 Å². The van der Waals surface area contributed by atoms with Crippen LogP contribution in [0.3, 0.4) is 0 Å². The molecule has 1 aliphatic rings. The quantitative estimate of drug-likeness (QED) is 0.693. The molecule has 0 spiro atoms. The molecule has 16 heavy (non-hydrogen) atoms. The van der Waals surface area contributed by atoms with E-state index in [2.05, 4.69) is 32.1 Å². The van der Waals surface area contributed by atoms with Crippen LogP contribution >= 0.6 is 0 Å². The fourth-order valence-corrected chi connectivity index (χ4v) is 1.81. The highest BCUT2D eigenvalue weighted by Gasteiger charge is 2.17. The molecule has 0 atom stereocenters. The molecule has 0 aromatic carbocycles. The van der Waals surface area contributed by atoms with Gasteiger partial charge in [0.05, 0.1) is 5.69 Å². The average molecular weight is 217 g/mol. The first kappa shape index (κ1) is 9.41. The van der Waals surface area contributed by atoms with Crippen molar-refractivity contribution in [2.45, 2.75) is 13.0 Å². The second-order valence-corrected chi connectivity index (χ2v) is 3.90. The normalized spacial score (nSPS) is 16.1. The van der Waals surface area contributed by atoms with Crippen molar-refractivity contribution in [3.8, 4) is 11.7 Å². The second kappa shape index (κ2) is 3.64. The van der Waals surface area contributed by atoms with Gasteiger partial charge in [0.1, 0.15) is 0 Å². The zero-order chi connectivity index (χ0) is 11.0. The minimum atomic E-state index is 0.371. The number of aromatic nitrogens is 4. The molecule has 0 N–H and O–H groups in total. The van der Waals surface area contributed by atoms with E-state index in [0.717, 1.165) is 25.2 Å². The first-order valence-electron chi connectivity index (χ1n) is 5.13. The Labute approximate surface area is 92.3 Å². The Morgan fingerprint density at radius 3 is 3.19 bits per heavy atom. The number of hydrogen-bond donors (Lipinski definition) is 0. The van der Waals surface area contributed by atoms with E-state index in [9.17, 15) is 0 Å². The van der Waals surface area contributed by atoms with Gasteiger partial charge in [0.15, 0.2) is 0 Å². The number of hydrogen-bond acceptors (Lipinski definition) is 6. The van der Waals surface area contributed by atoms with Gasteiger partial charge < -0.3 is 9.32 Å². The number of fused-ring (bicyclic) bond motifs is 1. The van der Waals surface area contributed by atoms with E-state index >= 15 is 0 Å². The smallest absolute Gasteiger partial charge is 0.285 e. The van der Waals surface area contributed by atoms with Crippen molar-refractivity contribution >= 4 is 0 Å². The fourth-order valence-electron chi connectivity index (χ4n) is 1.81. The third kappa shape index (κ3) is 1.57. The molecule has 0 amide bonds. The summed E-state index contributed by atoms with van der Waals surface area (Å²) >= 11 is 0. The molecular weight excluding hydrogens is 206 g/mol. The van der Waals surface area contributed by atoms with Gasteiger partial charge >= 0.3 is 0 Å². The molecule has 2 aromatic rings. The molecule has 0 saturated carbocycles. The van der Waals surface area contributed by atoms with Crippen LogP contribution in [-0.2, 0) is 13.0 Å². The first-order valence-corrected chi connectivity index (χ1v) is 5.13. The van der Waals surface area contributed by atoms with E-state index in [1.54, 1.807) is 0 Å². The Morgan fingerprint density at radius 1 is 1.44 bits per heavy atom. The van der Waals surface area contributed by atoms with Gasteiger partial charge in [-0.1, -0.05) is 0 Å². The van der Waals surface area contributed by atoms with Crippen LogP contribution in [-0.4, -0.2) is 38.7 Å². The van der Waals surface area contributed by atoms with Crippen molar-refractivity contribution in [1.29, 1.82) is 0 Å². The summed E-state index contributed by atoms with van der Waals surface area (Å²) in [5, 5.41) is 7.42. The van der Waals surface area contributed by atoms with Crippen LogP contribution in [0.2, 0.25) is 0 Å². The van der Waals surface area contributed by atoms with Crippen LogP contribution in [0.15, 0.2) is 17.0 Å². The topological polar surface area (TPSA) is 67.9 Å². The van der Waals surface area contributed by atoms with Gasteiger partial charge in [-0.05, 0) is 19.0 Å². The van der Waals surface area contributed by atoms with Gasteiger partial charge in [0.2, 0.25) is 12.2 Å². The predicted molar refractivity (Wildman–Crippen MR) is 55.4 cm³/mol. The van der Waals surface area contributed by atoms with Crippen molar-refractivity contribution in [3.05, 3.63) is 23.8 Å². The molecule has 0 fully saturated rings. The Bertz CT molecular complexity index is 496. The van der Waals surface area contributed by atoms with E-state index in [0.29, 0.717) is 11.7 Å². The number of nitrogens with zero attached hydrogens (tertiary/aromatic N) is 5. The summed E-state index contributed by atoms with van der Waals surface area (Å²) in [4.78, 5) is 10.9. The highest BCUT2D eigenvalue weighted by molar-refractivity contribution is 5.40. The highest BCUT2D eigenvalue weighted by Crippen LogP contribution is 2.18. The SMILES string of the molecule is CN1CCc2cnc(-c3nnco3)nc2C1. The van der Waals surface area contributed by atoms with Gasteiger partial charge in [-0.15, -0.1) is 10.2 Å². The third-order valence-corrected chi connectivity index (χ3v) is 2.69. The molecule has 0 saturated heterocycles. The van der Waals surface area contributed by atoms with E-state index in [4.69, 9.17) is 4.42 Å². The van der Waals surface area contributed by atoms with E-state index in [1.807, 2.05) is 6.20 Å². The third-order valence-electron chi connectivity index (χ3n) is 2.69. The van der Waals surface area contributed by atoms with Crippen LogP contribution in [0, 0.1) is 0 Å². The summed E-state index contributed by atoms with van der Waals surface area (Å²) in [5.74, 6) is 0.877. The van der Waals surface area contributed by atoms with E-state index < -0.39 is 0 Å². The van der Waals surface area contributed by atoms with Crippen LogP contribution in [0.4, 0.5) is 0 Å². The van der Waals surface area contributed by atoms with Crippen LogP contribution in [0.5, 0.6) is 0 Å². The molecule has 0 aliphatic carbocycles. The van der Waals surface area contributed by atoms with Crippen LogP contribution in [0.25, 0.3) is 11.7 Å². The van der Waals surface area contributed by atoms with Crippen LogP contribution in [0.1, 0.15) is 11.3 Å². The molecule has 3 rings (SSSR count). The second-order valence-electron chi connectivity index (χ2n) is 3.90. The molecule has 6 nitrogen and oxygen atoms in total. The Morgan fingerprint density at radius 2 is 2.38 bits per heavy atom. The van der Waals surface area contributed by atoms with Crippen molar-refractivity contribution in [2.24, 2.45) is 0 Å². The maximum atomic E-state index is 5.08. The number of likely N-dealkylation sites (N-methyl/N-ethyl adjacent to an activating group) is 1. The van der Waals surface area contributed by atoms with Gasteiger partial charge in [0.25, 0.3) is 5.89 Å². The predicted octanol–water partition coefficient (Wildman–Crippen LogP) is 0.514. The first-order chi connectivity index (χ1) is 7.83. The summed E-state index contributed by atoms with van der Waals surface area (Å²) in [7, 11) is 2.08. The largest absolute Gasteiger partial charge is 0.421 e. The lowest BCUT2D eigenvalue weighted by molar-refractivity contribution is 0.307. The van der Waals surface area contributed by atoms with Gasteiger partial charge in [-0.3, -0.25) is 0 Å². The average Bonchev–Trinajstić information content (AvgIpc) is 2.81. The molecule has 82 valence electrons. The monoisotopic (exact) mass is 217 g/mol. The highest BCUT2D eigenvalue weighted by atomic mass is 16.4. The lowest BCUT2D eigenvalue weighted by atomic mass is 10.1. The molecule has 2 aromatic heterocycles. The summed E-state index contributed by atoms with van der Waals surface area (Å²) in [6, 6.07) is 0. The Kier molecular flexibility index (Phi) is 2.14. The van der Waals surface area contributed by atoms with Crippen molar-refractivity contribution in [2.75, 3.05) is 13.6 Å². The fraction of sp³-hybridized carbons (Fsp3) is 0.400. The molecule has 0 radical (unpaired) electrons. The number of rotatable bonds is 1. The Balaban J connectivity index is 2.01. The molecular formula is C10H11N5O. The Hall–Kier alpha value is -1.82. The van der Waals surface area contributed by atoms with E-state index in [-0.39, 0.29) is 0 Å². The van der Waals surface area contributed by atoms with Gasteiger partial charge in [0, 0.05) is 19.3 Å². The summed E-state index contributed by atoms with van der Waals surface area (Å²) < 4.78 is 5.08. The summed E-state index contributed by atoms with van der Waals surface area (Å²) in [6.45, 7) is 1.90. The minimum absolute atomic E-state index is 0.371. The minimum Gasteiger partial charge on any atom is -0.421 e. The molecule has 6 heteroatoms. The molecule has 1 aliphatic heterocycles.